The monoisotopic (exact) mass is 500 g/mol. The van der Waals surface area contributed by atoms with Gasteiger partial charge in [0.15, 0.2) is 20.5 Å². The Bertz CT molecular complexity index is 759. The Morgan fingerprint density at radius 2 is 1.53 bits per heavy atom. The van der Waals surface area contributed by atoms with Crippen molar-refractivity contribution in [2.45, 2.75) is 61.7 Å². The normalized spacial score (nSPS) is 42.9. The zero-order chi connectivity index (χ0) is 24.0. The Morgan fingerprint density at radius 1 is 0.938 bits per heavy atom. The summed E-state index contributed by atoms with van der Waals surface area (Å²) in [4.78, 5) is 0. The molecule has 4 aliphatic rings. The highest BCUT2D eigenvalue weighted by molar-refractivity contribution is 7.57. The zero-order valence-corrected chi connectivity index (χ0v) is 22.1. The Kier molecular flexibility index (Phi) is 7.77. The van der Waals surface area contributed by atoms with Crippen LogP contribution in [0, 0.1) is 0 Å². The highest BCUT2D eigenvalue weighted by atomic mass is 31.2. The van der Waals surface area contributed by atoms with Crippen molar-refractivity contribution in [3.8, 4) is 0 Å². The standard InChI is InChI=1S/2C10H19O5P/c1-9-5-8(14-16(3,4)11)10(15-9,6-12-2)7-13-9;1-7-8-9(15-16(3,4)11)10(14-7,5-12-2)6-13-8/h8H,5-7H2,1-4H3;7-9H,5-6H2,1-4H3/t8-,9-,10-;7-,8?,9+,10-/m00/s1. The van der Waals surface area contributed by atoms with E-state index in [2.05, 4.69) is 0 Å². The van der Waals surface area contributed by atoms with E-state index in [0.29, 0.717) is 32.8 Å². The largest absolute Gasteiger partial charge is 0.381 e. The van der Waals surface area contributed by atoms with Gasteiger partial charge in [-0.15, -0.1) is 0 Å². The summed E-state index contributed by atoms with van der Waals surface area (Å²) in [6, 6.07) is 0. The first-order valence-electron chi connectivity index (χ1n) is 10.7. The van der Waals surface area contributed by atoms with Crippen LogP contribution < -0.4 is 0 Å². The fourth-order valence-electron chi connectivity index (χ4n) is 4.85. The average molecular weight is 500 g/mol. The third-order valence-electron chi connectivity index (χ3n) is 5.93. The van der Waals surface area contributed by atoms with E-state index in [1.807, 2.05) is 13.8 Å². The number of hydrogen-bond donors (Lipinski definition) is 0. The topological polar surface area (TPSA) is 108 Å². The molecular weight excluding hydrogens is 462 g/mol. The van der Waals surface area contributed by atoms with Crippen molar-refractivity contribution in [1.29, 1.82) is 0 Å². The van der Waals surface area contributed by atoms with Crippen LogP contribution in [0.3, 0.4) is 0 Å². The van der Waals surface area contributed by atoms with Gasteiger partial charge >= 0.3 is 0 Å². The van der Waals surface area contributed by atoms with Gasteiger partial charge in [0.25, 0.3) is 0 Å². The predicted octanol–water partition coefficient (Wildman–Crippen LogP) is 2.57. The van der Waals surface area contributed by atoms with Crippen LogP contribution in [0.4, 0.5) is 0 Å². The lowest BCUT2D eigenvalue weighted by atomic mass is 9.95. The van der Waals surface area contributed by atoms with Gasteiger partial charge in [-0.05, 0) is 13.8 Å². The summed E-state index contributed by atoms with van der Waals surface area (Å²) < 4.78 is 68.0. The number of hydrogen-bond acceptors (Lipinski definition) is 10. The Morgan fingerprint density at radius 3 is 2.03 bits per heavy atom. The van der Waals surface area contributed by atoms with Gasteiger partial charge in [0.05, 0.1) is 32.5 Å². The van der Waals surface area contributed by atoms with E-state index in [0.717, 1.165) is 0 Å². The molecule has 0 aliphatic carbocycles. The van der Waals surface area contributed by atoms with Gasteiger partial charge in [-0.25, -0.2) is 0 Å². The van der Waals surface area contributed by atoms with Crippen LogP contribution in [0.25, 0.3) is 0 Å². The second kappa shape index (κ2) is 9.30. The maximum absolute atomic E-state index is 11.8. The molecule has 4 saturated heterocycles. The summed E-state index contributed by atoms with van der Waals surface area (Å²) in [7, 11) is -1.86. The minimum atomic E-state index is -2.56. The van der Waals surface area contributed by atoms with E-state index < -0.39 is 31.7 Å². The lowest BCUT2D eigenvalue weighted by Gasteiger charge is -2.32. The molecule has 12 heteroatoms. The van der Waals surface area contributed by atoms with Crippen LogP contribution in [0.2, 0.25) is 0 Å². The first-order chi connectivity index (χ1) is 14.7. The molecule has 4 aliphatic heterocycles. The number of rotatable bonds is 8. The van der Waals surface area contributed by atoms with Gasteiger partial charge in [-0.1, -0.05) is 0 Å². The quantitative estimate of drug-likeness (QED) is 0.462. The van der Waals surface area contributed by atoms with E-state index in [-0.39, 0.29) is 24.4 Å². The smallest absolute Gasteiger partial charge is 0.197 e. The predicted molar refractivity (Wildman–Crippen MR) is 118 cm³/mol. The lowest BCUT2D eigenvalue weighted by Crippen LogP contribution is -2.47. The zero-order valence-electron chi connectivity index (χ0n) is 20.3. The highest BCUT2D eigenvalue weighted by Crippen LogP contribution is 2.53. The van der Waals surface area contributed by atoms with Gasteiger partial charge in [-0.2, -0.15) is 0 Å². The van der Waals surface area contributed by atoms with Crippen molar-refractivity contribution in [1.82, 2.24) is 0 Å². The molecule has 7 atom stereocenters. The molecular formula is C20H38O10P2. The Labute approximate surface area is 190 Å². The molecule has 0 N–H and O–H groups in total. The molecule has 0 aromatic carbocycles. The van der Waals surface area contributed by atoms with Gasteiger partial charge in [0.1, 0.15) is 29.5 Å². The number of methoxy groups -OCH3 is 2. The fraction of sp³-hybridized carbons (Fsp3) is 1.00. The summed E-state index contributed by atoms with van der Waals surface area (Å²) in [5.74, 6) is -0.613. The van der Waals surface area contributed by atoms with Crippen molar-refractivity contribution >= 4 is 14.7 Å². The number of ether oxygens (including phenoxy) is 6. The van der Waals surface area contributed by atoms with Crippen LogP contribution in [0.15, 0.2) is 0 Å². The number of fused-ring (bicyclic) bond motifs is 4. The molecule has 0 radical (unpaired) electrons. The molecule has 0 amide bonds. The van der Waals surface area contributed by atoms with Gasteiger partial charge in [-0.3, -0.25) is 9.13 Å². The van der Waals surface area contributed by atoms with Crippen molar-refractivity contribution in [3.63, 3.8) is 0 Å². The molecule has 0 aromatic heterocycles. The third kappa shape index (κ3) is 5.68. The van der Waals surface area contributed by atoms with Crippen LogP contribution in [-0.4, -0.2) is 109 Å². The molecule has 10 nitrogen and oxygen atoms in total. The van der Waals surface area contributed by atoms with Gasteiger partial charge in [0, 0.05) is 47.3 Å². The van der Waals surface area contributed by atoms with Crippen molar-refractivity contribution < 1.29 is 46.6 Å². The minimum Gasteiger partial charge on any atom is -0.381 e. The Balaban J connectivity index is 0.000000181. The summed E-state index contributed by atoms with van der Waals surface area (Å²) in [5.41, 5.74) is -1.17. The second-order valence-corrected chi connectivity index (χ2v) is 15.4. The molecule has 4 bridgehead atoms. The molecule has 4 rings (SSSR count). The summed E-state index contributed by atoms with van der Waals surface area (Å²) in [5, 5.41) is 0. The maximum Gasteiger partial charge on any atom is 0.197 e. The van der Waals surface area contributed by atoms with Crippen LogP contribution in [-0.2, 0) is 46.6 Å². The third-order valence-corrected chi connectivity index (χ3v) is 7.43. The molecule has 188 valence electrons. The highest BCUT2D eigenvalue weighted by Gasteiger charge is 2.63. The summed E-state index contributed by atoms with van der Waals surface area (Å²) in [6.07, 6.45) is -0.0821. The van der Waals surface area contributed by atoms with E-state index in [1.54, 1.807) is 40.9 Å². The van der Waals surface area contributed by atoms with Crippen molar-refractivity contribution in [3.05, 3.63) is 0 Å². The summed E-state index contributed by atoms with van der Waals surface area (Å²) >= 11 is 0. The summed E-state index contributed by atoms with van der Waals surface area (Å²) in [6.45, 7) is 11.9. The van der Waals surface area contributed by atoms with Crippen molar-refractivity contribution in [2.75, 3.05) is 67.3 Å². The maximum atomic E-state index is 11.8. The molecule has 32 heavy (non-hydrogen) atoms. The lowest BCUT2D eigenvalue weighted by molar-refractivity contribution is -0.158. The molecule has 0 saturated carbocycles. The minimum absolute atomic E-state index is 0.0413. The van der Waals surface area contributed by atoms with E-state index in [1.165, 1.54) is 0 Å². The van der Waals surface area contributed by atoms with Crippen LogP contribution in [0.1, 0.15) is 20.3 Å². The second-order valence-electron chi connectivity index (χ2n) is 9.95. The van der Waals surface area contributed by atoms with E-state index in [9.17, 15) is 9.13 Å². The average Bonchev–Trinajstić information content (AvgIpc) is 3.27. The van der Waals surface area contributed by atoms with E-state index >= 15 is 0 Å². The molecule has 4 fully saturated rings. The molecule has 0 spiro atoms. The van der Waals surface area contributed by atoms with Crippen molar-refractivity contribution in [2.24, 2.45) is 0 Å². The Hall–Kier alpha value is 0.140. The fourth-order valence-corrected chi connectivity index (χ4v) is 6.59. The van der Waals surface area contributed by atoms with Crippen LogP contribution in [0.5, 0.6) is 0 Å². The van der Waals surface area contributed by atoms with Gasteiger partial charge in [0.2, 0.25) is 0 Å². The molecule has 1 unspecified atom stereocenters. The first kappa shape index (κ1) is 26.7. The molecule has 4 heterocycles. The first-order valence-corrected chi connectivity index (χ1v) is 15.8. The van der Waals surface area contributed by atoms with E-state index in [4.69, 9.17) is 37.5 Å². The van der Waals surface area contributed by atoms with Crippen LogP contribution >= 0.6 is 14.7 Å². The SMILES string of the molecule is COC[C@@]12COC([C@H](C)O1)[C@H]2OP(C)(C)=O.COC[C@]12CO[C@](C)(C[C@@H]1OP(C)(C)=O)O2. The molecule has 0 aromatic rings. The van der Waals surface area contributed by atoms with Gasteiger partial charge < -0.3 is 37.5 Å².